The number of rotatable bonds is 5. The molecule has 33 heavy (non-hydrogen) atoms. The number of nitrogens with zero attached hydrogens (tertiary/aromatic N) is 1. The highest BCUT2D eigenvalue weighted by atomic mass is 16.6. The van der Waals surface area contributed by atoms with Crippen molar-refractivity contribution in [2.45, 2.75) is 58.5 Å². The summed E-state index contributed by atoms with van der Waals surface area (Å²) in [6, 6.07) is 23.1. The molecule has 0 N–H and O–H groups in total. The summed E-state index contributed by atoms with van der Waals surface area (Å²) in [6.45, 7) is 9.48. The number of ether oxygens (including phenoxy) is 2. The van der Waals surface area contributed by atoms with Crippen molar-refractivity contribution in [3.05, 3.63) is 106 Å². The molecule has 0 aromatic heterocycles. The lowest BCUT2D eigenvalue weighted by Crippen LogP contribution is -2.41. The second-order valence-electron chi connectivity index (χ2n) is 9.68. The maximum absolute atomic E-state index is 13.2. The quantitative estimate of drug-likeness (QED) is 0.489. The van der Waals surface area contributed by atoms with Gasteiger partial charge in [-0.15, -0.1) is 0 Å². The lowest BCUT2D eigenvalue weighted by Gasteiger charge is -2.34. The topological polar surface area (TPSA) is 38.8 Å². The Morgan fingerprint density at radius 3 is 1.97 bits per heavy atom. The normalized spacial score (nSPS) is 21.2. The molecule has 0 aliphatic carbocycles. The van der Waals surface area contributed by atoms with Gasteiger partial charge in [-0.3, -0.25) is 4.90 Å². The molecule has 3 aromatic rings. The molecule has 0 unspecified atom stereocenters. The highest BCUT2D eigenvalue weighted by Gasteiger charge is 2.60. The third kappa shape index (κ3) is 3.93. The Morgan fingerprint density at radius 2 is 1.42 bits per heavy atom. The van der Waals surface area contributed by atoms with Gasteiger partial charge in [0.1, 0.15) is 0 Å². The van der Waals surface area contributed by atoms with E-state index in [1.807, 2.05) is 23.1 Å². The maximum atomic E-state index is 13.2. The molecule has 4 nitrogen and oxygen atoms in total. The summed E-state index contributed by atoms with van der Waals surface area (Å²) >= 11 is 0. The predicted octanol–water partition coefficient (Wildman–Crippen LogP) is 5.97. The molecule has 2 atom stereocenters. The van der Waals surface area contributed by atoms with Gasteiger partial charge in [-0.1, -0.05) is 89.0 Å². The van der Waals surface area contributed by atoms with Gasteiger partial charge in [0, 0.05) is 17.5 Å². The first-order valence-corrected chi connectivity index (χ1v) is 11.7. The maximum Gasteiger partial charge on any atom is 0.411 e. The number of carbonyl (C=O) groups excluding carboxylic acids is 1. The number of aryl methyl sites for hydroxylation is 4. The lowest BCUT2D eigenvalue weighted by atomic mass is 9.77. The Hall–Kier alpha value is -3.11. The molecular formula is C29H31NO3. The molecule has 2 saturated heterocycles. The molecule has 0 saturated carbocycles. The highest BCUT2D eigenvalue weighted by molar-refractivity contribution is 5.74. The van der Waals surface area contributed by atoms with E-state index >= 15 is 0 Å². The van der Waals surface area contributed by atoms with E-state index in [4.69, 9.17) is 9.47 Å². The number of fused-ring (bicyclic) bond motifs is 1. The summed E-state index contributed by atoms with van der Waals surface area (Å²) in [6.07, 6.45) is 0.446. The Morgan fingerprint density at radius 1 is 0.879 bits per heavy atom. The van der Waals surface area contributed by atoms with Crippen LogP contribution in [0, 0.1) is 27.7 Å². The zero-order valence-corrected chi connectivity index (χ0v) is 19.8. The van der Waals surface area contributed by atoms with Gasteiger partial charge in [-0.05, 0) is 33.3 Å². The van der Waals surface area contributed by atoms with Crippen LogP contribution in [0.4, 0.5) is 4.79 Å². The van der Waals surface area contributed by atoms with Gasteiger partial charge in [-0.2, -0.15) is 0 Å². The molecule has 0 radical (unpaired) electrons. The predicted molar refractivity (Wildman–Crippen MR) is 129 cm³/mol. The summed E-state index contributed by atoms with van der Waals surface area (Å²) < 4.78 is 12.6. The minimum absolute atomic E-state index is 0.0285. The van der Waals surface area contributed by atoms with Crippen LogP contribution in [-0.4, -0.2) is 29.7 Å². The van der Waals surface area contributed by atoms with Gasteiger partial charge in [0.05, 0.1) is 25.3 Å². The van der Waals surface area contributed by atoms with E-state index in [2.05, 4.69) is 76.2 Å². The highest BCUT2D eigenvalue weighted by Crippen LogP contribution is 2.49. The van der Waals surface area contributed by atoms with Crippen molar-refractivity contribution in [1.82, 2.24) is 4.90 Å². The molecule has 3 aromatic carbocycles. The summed E-state index contributed by atoms with van der Waals surface area (Å²) in [5.41, 5.74) is 7.02. The minimum Gasteiger partial charge on any atom is -0.431 e. The van der Waals surface area contributed by atoms with E-state index in [0.717, 1.165) is 45.4 Å². The third-order valence-corrected chi connectivity index (χ3v) is 6.84. The number of hydrogen-bond donors (Lipinski definition) is 0. The number of hydrogen-bond acceptors (Lipinski definition) is 3. The van der Waals surface area contributed by atoms with Crippen LogP contribution in [0.1, 0.15) is 45.4 Å². The Kier molecular flexibility index (Phi) is 5.49. The van der Waals surface area contributed by atoms with E-state index in [1.54, 1.807) is 0 Å². The molecule has 2 heterocycles. The van der Waals surface area contributed by atoms with Crippen molar-refractivity contribution < 1.29 is 14.3 Å². The van der Waals surface area contributed by atoms with Gasteiger partial charge in [-0.25, -0.2) is 4.79 Å². The summed E-state index contributed by atoms with van der Waals surface area (Å²) in [7, 11) is 0. The average molecular weight is 442 g/mol. The monoisotopic (exact) mass is 441 g/mol. The first-order valence-electron chi connectivity index (χ1n) is 11.7. The van der Waals surface area contributed by atoms with Crippen LogP contribution in [-0.2, 0) is 21.7 Å². The molecule has 170 valence electrons. The lowest BCUT2D eigenvalue weighted by molar-refractivity contribution is 0.0241. The van der Waals surface area contributed by atoms with Gasteiger partial charge in [0.2, 0.25) is 0 Å². The van der Waals surface area contributed by atoms with E-state index in [1.165, 1.54) is 0 Å². The first-order chi connectivity index (χ1) is 15.8. The zero-order valence-electron chi connectivity index (χ0n) is 19.8. The summed E-state index contributed by atoms with van der Waals surface area (Å²) in [5, 5.41) is 0. The molecule has 5 rings (SSSR count). The van der Waals surface area contributed by atoms with Crippen molar-refractivity contribution >= 4 is 6.09 Å². The molecular weight excluding hydrogens is 410 g/mol. The minimum atomic E-state index is -0.852. The molecule has 0 bridgehead atoms. The fraction of sp³-hybridized carbons (Fsp3) is 0.345. The Labute approximate surface area is 196 Å². The van der Waals surface area contributed by atoms with Crippen molar-refractivity contribution in [2.24, 2.45) is 0 Å². The molecule has 4 heteroatoms. The van der Waals surface area contributed by atoms with Gasteiger partial charge < -0.3 is 9.47 Å². The number of amides is 1. The van der Waals surface area contributed by atoms with Gasteiger partial charge in [0.25, 0.3) is 0 Å². The standard InChI is InChI=1S/C29H31NO3/c1-19-10-20(2)13-24(12-19)29(25-14-21(3)11-22(4)15-25)27-16-26(17-30(27)28(31)33-29)32-18-23-8-6-5-7-9-23/h5-15,26-27H,16-18H2,1-4H3/t26-,27-/m1/s1. The van der Waals surface area contributed by atoms with E-state index < -0.39 is 5.60 Å². The number of cyclic esters (lactones) is 1. The van der Waals surface area contributed by atoms with Crippen molar-refractivity contribution in [3.63, 3.8) is 0 Å². The van der Waals surface area contributed by atoms with Crippen LogP contribution >= 0.6 is 0 Å². The van der Waals surface area contributed by atoms with Crippen LogP contribution < -0.4 is 0 Å². The van der Waals surface area contributed by atoms with Crippen LogP contribution in [0.2, 0.25) is 0 Å². The largest absolute Gasteiger partial charge is 0.431 e. The van der Waals surface area contributed by atoms with Crippen molar-refractivity contribution in [3.8, 4) is 0 Å². The number of benzene rings is 3. The van der Waals surface area contributed by atoms with Gasteiger partial charge >= 0.3 is 6.09 Å². The van der Waals surface area contributed by atoms with Crippen molar-refractivity contribution in [1.29, 1.82) is 0 Å². The van der Waals surface area contributed by atoms with E-state index in [-0.39, 0.29) is 18.2 Å². The molecule has 2 fully saturated rings. The third-order valence-electron chi connectivity index (χ3n) is 6.84. The SMILES string of the molecule is Cc1cc(C)cc(C2(c3cc(C)cc(C)c3)OC(=O)N3C[C@H](OCc4ccccc4)C[C@@H]32)c1. The smallest absolute Gasteiger partial charge is 0.411 e. The molecule has 2 aliphatic rings. The zero-order chi connectivity index (χ0) is 23.2. The number of carbonyl (C=O) groups is 1. The van der Waals surface area contributed by atoms with E-state index in [9.17, 15) is 4.79 Å². The van der Waals surface area contributed by atoms with E-state index in [0.29, 0.717) is 13.2 Å². The van der Waals surface area contributed by atoms with Crippen LogP contribution in [0.15, 0.2) is 66.7 Å². The average Bonchev–Trinajstić information content (AvgIpc) is 3.31. The Balaban J connectivity index is 1.55. The summed E-state index contributed by atoms with van der Waals surface area (Å²) in [5.74, 6) is 0. The first kappa shape index (κ1) is 21.7. The van der Waals surface area contributed by atoms with Crippen LogP contribution in [0.3, 0.4) is 0 Å². The molecule has 2 aliphatic heterocycles. The summed E-state index contributed by atoms with van der Waals surface area (Å²) in [4.78, 5) is 15.1. The van der Waals surface area contributed by atoms with Crippen molar-refractivity contribution in [2.75, 3.05) is 6.54 Å². The fourth-order valence-electron chi connectivity index (χ4n) is 5.61. The second-order valence-corrected chi connectivity index (χ2v) is 9.68. The second kappa shape index (κ2) is 8.35. The van der Waals surface area contributed by atoms with Crippen LogP contribution in [0.5, 0.6) is 0 Å². The fourth-order valence-corrected chi connectivity index (χ4v) is 5.61. The Bertz CT molecular complexity index is 1090. The molecule has 0 spiro atoms. The van der Waals surface area contributed by atoms with Crippen LogP contribution in [0.25, 0.3) is 0 Å². The van der Waals surface area contributed by atoms with Gasteiger partial charge in [0.15, 0.2) is 5.60 Å². The molecule has 1 amide bonds.